The minimum atomic E-state index is -0.516. The number of phenolic OH excluding ortho intramolecular Hbond substituents is 1. The van der Waals surface area contributed by atoms with E-state index in [1.165, 1.54) is 0 Å². The number of fused-ring (bicyclic) bond motifs is 1. The van der Waals surface area contributed by atoms with Crippen molar-refractivity contribution >= 4 is 17.5 Å². The lowest BCUT2D eigenvalue weighted by molar-refractivity contribution is 0.0729. The molecule has 0 radical (unpaired) electrons. The number of nitrogens with zero attached hydrogens (tertiary/aromatic N) is 2. The molecule has 3 aromatic carbocycles. The largest absolute Gasteiger partial charge is 0.507 e. The molecule has 8 nitrogen and oxygen atoms in total. The minimum absolute atomic E-state index is 0.0364. The fourth-order valence-corrected chi connectivity index (χ4v) is 5.15. The maximum absolute atomic E-state index is 13.9. The van der Waals surface area contributed by atoms with E-state index in [0.717, 1.165) is 28.9 Å². The first-order chi connectivity index (χ1) is 19.4. The zero-order valence-electron chi connectivity index (χ0n) is 23.0. The molecule has 1 unspecified atom stereocenters. The third-order valence-corrected chi connectivity index (χ3v) is 7.36. The Bertz CT molecular complexity index is 1530. The van der Waals surface area contributed by atoms with Crippen LogP contribution in [0.4, 0.5) is 0 Å². The summed E-state index contributed by atoms with van der Waals surface area (Å²) in [6, 6.07) is 16.1. The van der Waals surface area contributed by atoms with Gasteiger partial charge in [0.25, 0.3) is 5.91 Å². The molecule has 0 bridgehead atoms. The van der Waals surface area contributed by atoms with E-state index in [0.29, 0.717) is 58.8 Å². The molecule has 4 aromatic rings. The van der Waals surface area contributed by atoms with E-state index in [2.05, 4.69) is 10.2 Å². The van der Waals surface area contributed by atoms with Crippen LogP contribution in [-0.2, 0) is 6.54 Å². The van der Waals surface area contributed by atoms with Crippen molar-refractivity contribution in [2.24, 2.45) is 0 Å². The summed E-state index contributed by atoms with van der Waals surface area (Å²) in [5.74, 6) is 1.82. The van der Waals surface area contributed by atoms with Crippen molar-refractivity contribution in [1.29, 1.82) is 0 Å². The SMILES string of the molecule is CCCOc1ccc(C2c3c(-c4cc(Cl)c(C)cc4O)n[nH]c3C(=O)N2Cc2ccc(OC)cc2)cc1OCC. The van der Waals surface area contributed by atoms with Gasteiger partial charge in [-0.2, -0.15) is 5.10 Å². The number of methoxy groups -OCH3 is 1. The van der Waals surface area contributed by atoms with E-state index in [9.17, 15) is 9.90 Å². The number of rotatable bonds is 10. The Morgan fingerprint density at radius 2 is 1.82 bits per heavy atom. The molecule has 1 amide bonds. The lowest BCUT2D eigenvalue weighted by Gasteiger charge is -2.27. The highest BCUT2D eigenvalue weighted by Gasteiger charge is 2.43. The summed E-state index contributed by atoms with van der Waals surface area (Å²) in [4.78, 5) is 15.7. The van der Waals surface area contributed by atoms with E-state index in [1.807, 2.05) is 63.2 Å². The molecule has 2 heterocycles. The van der Waals surface area contributed by atoms with Crippen molar-refractivity contribution in [2.45, 2.75) is 39.8 Å². The summed E-state index contributed by atoms with van der Waals surface area (Å²) in [6.45, 7) is 7.15. The molecule has 2 N–H and O–H groups in total. The van der Waals surface area contributed by atoms with Gasteiger partial charge in [0.1, 0.15) is 22.9 Å². The Morgan fingerprint density at radius 1 is 1.05 bits per heavy atom. The van der Waals surface area contributed by atoms with E-state index < -0.39 is 6.04 Å². The van der Waals surface area contributed by atoms with Gasteiger partial charge in [0.15, 0.2) is 11.5 Å². The van der Waals surface area contributed by atoms with Gasteiger partial charge in [-0.25, -0.2) is 0 Å². The van der Waals surface area contributed by atoms with Crippen LogP contribution < -0.4 is 14.2 Å². The van der Waals surface area contributed by atoms with Gasteiger partial charge in [0.2, 0.25) is 0 Å². The number of amides is 1. The number of halogens is 1. The summed E-state index contributed by atoms with van der Waals surface area (Å²) in [5, 5.41) is 18.8. The van der Waals surface area contributed by atoms with Crippen LogP contribution in [0.25, 0.3) is 11.3 Å². The molecule has 0 fully saturated rings. The van der Waals surface area contributed by atoms with Gasteiger partial charge in [0, 0.05) is 22.7 Å². The highest BCUT2D eigenvalue weighted by molar-refractivity contribution is 6.31. The van der Waals surface area contributed by atoms with Crippen LogP contribution in [0.5, 0.6) is 23.0 Å². The lowest BCUT2D eigenvalue weighted by Crippen LogP contribution is -2.29. The van der Waals surface area contributed by atoms with E-state index in [1.54, 1.807) is 24.1 Å². The van der Waals surface area contributed by atoms with Crippen molar-refractivity contribution in [3.05, 3.63) is 87.6 Å². The van der Waals surface area contributed by atoms with E-state index in [4.69, 9.17) is 25.8 Å². The second-order valence-electron chi connectivity index (χ2n) is 9.65. The van der Waals surface area contributed by atoms with E-state index >= 15 is 0 Å². The van der Waals surface area contributed by atoms with Crippen LogP contribution in [-0.4, -0.2) is 46.4 Å². The molecule has 0 aliphatic carbocycles. The van der Waals surface area contributed by atoms with Gasteiger partial charge < -0.3 is 24.2 Å². The monoisotopic (exact) mass is 561 g/mol. The predicted molar refractivity (Wildman–Crippen MR) is 154 cm³/mol. The first-order valence-corrected chi connectivity index (χ1v) is 13.6. The summed E-state index contributed by atoms with van der Waals surface area (Å²) < 4.78 is 17.2. The van der Waals surface area contributed by atoms with Crippen LogP contribution in [0.3, 0.4) is 0 Å². The predicted octanol–water partition coefficient (Wildman–Crippen LogP) is 6.69. The lowest BCUT2D eigenvalue weighted by atomic mass is 9.94. The number of nitrogens with one attached hydrogen (secondary N) is 1. The molecule has 0 saturated carbocycles. The van der Waals surface area contributed by atoms with Gasteiger partial charge in [-0.1, -0.05) is 36.7 Å². The molecule has 1 aliphatic heterocycles. The Hall–Kier alpha value is -4.17. The third-order valence-electron chi connectivity index (χ3n) is 6.95. The first kappa shape index (κ1) is 27.4. The number of aryl methyl sites for hydroxylation is 1. The normalized spacial score (nSPS) is 14.4. The number of aromatic nitrogens is 2. The summed E-state index contributed by atoms with van der Waals surface area (Å²) in [5.41, 5.74) is 4.46. The Morgan fingerprint density at radius 3 is 2.52 bits per heavy atom. The Balaban J connectivity index is 1.65. The summed E-state index contributed by atoms with van der Waals surface area (Å²) in [7, 11) is 1.62. The van der Waals surface area contributed by atoms with Crippen molar-refractivity contribution in [3.63, 3.8) is 0 Å². The zero-order valence-corrected chi connectivity index (χ0v) is 23.7. The van der Waals surface area contributed by atoms with Crippen LogP contribution >= 0.6 is 11.6 Å². The third kappa shape index (κ3) is 5.07. The number of ether oxygens (including phenoxy) is 3. The molecular formula is C31H32ClN3O5. The van der Waals surface area contributed by atoms with Crippen LogP contribution in [0.1, 0.15) is 59.1 Å². The maximum Gasteiger partial charge on any atom is 0.273 e. The average Bonchev–Trinajstić information content (AvgIpc) is 3.49. The van der Waals surface area contributed by atoms with Crippen LogP contribution in [0, 0.1) is 6.92 Å². The fraction of sp³-hybridized carbons (Fsp3) is 0.290. The average molecular weight is 562 g/mol. The van der Waals surface area contributed by atoms with Gasteiger partial charge in [-0.05, 0) is 73.4 Å². The number of hydrogen-bond acceptors (Lipinski definition) is 6. The minimum Gasteiger partial charge on any atom is -0.507 e. The summed E-state index contributed by atoms with van der Waals surface area (Å²) in [6.07, 6.45) is 0.866. The van der Waals surface area contributed by atoms with Gasteiger partial charge in [0.05, 0.1) is 26.4 Å². The zero-order chi connectivity index (χ0) is 28.4. The summed E-state index contributed by atoms with van der Waals surface area (Å²) >= 11 is 6.44. The Labute approximate surface area is 238 Å². The number of carbonyl (C=O) groups is 1. The first-order valence-electron chi connectivity index (χ1n) is 13.3. The molecular weight excluding hydrogens is 530 g/mol. The standard InChI is InChI=1S/C31H32ClN3O5/c1-5-13-40-25-12-9-20(15-26(25)39-6-2)30-27-28(22-16-23(32)18(3)14-24(22)36)33-34-29(27)31(37)35(30)17-19-7-10-21(38-4)11-8-19/h7-12,14-16,30,36H,5-6,13,17H2,1-4H3,(H,33,34). The molecule has 0 spiro atoms. The molecule has 1 aromatic heterocycles. The topological polar surface area (TPSA) is 96.9 Å². The Kier molecular flexibility index (Phi) is 7.89. The van der Waals surface area contributed by atoms with Gasteiger partial charge in [-0.3, -0.25) is 9.89 Å². The van der Waals surface area contributed by atoms with Crippen LogP contribution in [0.15, 0.2) is 54.6 Å². The number of aromatic hydroxyl groups is 1. The number of H-pyrrole nitrogens is 1. The fourth-order valence-electron chi connectivity index (χ4n) is 4.99. The van der Waals surface area contributed by atoms with Crippen molar-refractivity contribution in [1.82, 2.24) is 15.1 Å². The quantitative estimate of drug-likeness (QED) is 0.224. The van der Waals surface area contributed by atoms with Crippen LogP contribution in [0.2, 0.25) is 5.02 Å². The van der Waals surface area contributed by atoms with Gasteiger partial charge >= 0.3 is 0 Å². The smallest absolute Gasteiger partial charge is 0.273 e. The number of hydrogen-bond donors (Lipinski definition) is 2. The van der Waals surface area contributed by atoms with Crippen molar-refractivity contribution < 1.29 is 24.1 Å². The van der Waals surface area contributed by atoms with E-state index in [-0.39, 0.29) is 11.7 Å². The van der Waals surface area contributed by atoms with Crippen molar-refractivity contribution in [2.75, 3.05) is 20.3 Å². The second-order valence-corrected chi connectivity index (χ2v) is 10.1. The number of carbonyl (C=O) groups excluding carboxylic acids is 1. The second kappa shape index (κ2) is 11.5. The molecule has 208 valence electrons. The molecule has 1 aliphatic rings. The molecule has 40 heavy (non-hydrogen) atoms. The highest BCUT2D eigenvalue weighted by atomic mass is 35.5. The van der Waals surface area contributed by atoms with Crippen molar-refractivity contribution in [3.8, 4) is 34.3 Å². The molecule has 9 heteroatoms. The molecule has 1 atom stereocenters. The number of phenols is 1. The highest BCUT2D eigenvalue weighted by Crippen LogP contribution is 2.47. The molecule has 5 rings (SSSR count). The van der Waals surface area contributed by atoms with Gasteiger partial charge in [-0.15, -0.1) is 0 Å². The number of aromatic amines is 1. The number of benzene rings is 3. The maximum atomic E-state index is 13.9. The molecule has 0 saturated heterocycles.